The number of carboxylic acid groups (broad SMARTS) is 2. The smallest absolute Gasteiger partial charge is 0.324 e. The number of benzene rings is 3. The SMILES string of the molecule is C#CCN(c1ccc(N(CC(=O)O)S(=O)(=O)c2ccc3c(c2)CCO3)c2ccccc12)[C@@H](C)CC(=O)O. The fourth-order valence-electron chi connectivity index (χ4n) is 4.55. The minimum atomic E-state index is -4.26. The quantitative estimate of drug-likeness (QED) is 0.389. The maximum absolute atomic E-state index is 13.8. The summed E-state index contributed by atoms with van der Waals surface area (Å²) in [5.74, 6) is 0.875. The van der Waals surface area contributed by atoms with Gasteiger partial charge >= 0.3 is 11.9 Å². The molecule has 0 radical (unpaired) electrons. The van der Waals surface area contributed by atoms with Crippen LogP contribution in [0, 0.1) is 12.3 Å². The molecule has 10 heteroatoms. The number of nitrogens with zero attached hydrogens (tertiary/aromatic N) is 2. The molecule has 0 unspecified atom stereocenters. The highest BCUT2D eigenvalue weighted by Crippen LogP contribution is 2.38. The minimum Gasteiger partial charge on any atom is -0.493 e. The Morgan fingerprint density at radius 3 is 2.38 bits per heavy atom. The molecule has 0 amide bonds. The molecular formula is C27H26N2O7S. The molecule has 9 nitrogen and oxygen atoms in total. The van der Waals surface area contributed by atoms with Crippen molar-refractivity contribution in [3.63, 3.8) is 0 Å². The number of aliphatic carboxylic acids is 2. The zero-order valence-corrected chi connectivity index (χ0v) is 20.9. The monoisotopic (exact) mass is 522 g/mol. The van der Waals surface area contributed by atoms with Crippen LogP contribution in [0.2, 0.25) is 0 Å². The molecule has 192 valence electrons. The Labute approximate surface area is 214 Å². The Morgan fingerprint density at radius 2 is 1.73 bits per heavy atom. The van der Waals surface area contributed by atoms with E-state index in [1.807, 2.05) is 0 Å². The van der Waals surface area contributed by atoms with Crippen LogP contribution in [0.5, 0.6) is 5.75 Å². The highest BCUT2D eigenvalue weighted by molar-refractivity contribution is 7.92. The minimum absolute atomic E-state index is 0.0322. The zero-order valence-electron chi connectivity index (χ0n) is 20.1. The van der Waals surface area contributed by atoms with Gasteiger partial charge in [0.05, 0.1) is 30.2 Å². The highest BCUT2D eigenvalue weighted by Gasteiger charge is 2.31. The summed E-state index contributed by atoms with van der Waals surface area (Å²) in [5.41, 5.74) is 1.55. The first kappa shape index (κ1) is 25.9. The first-order valence-electron chi connectivity index (χ1n) is 11.6. The third-order valence-electron chi connectivity index (χ3n) is 6.25. The molecule has 1 aliphatic heterocycles. The van der Waals surface area contributed by atoms with Crippen LogP contribution >= 0.6 is 0 Å². The van der Waals surface area contributed by atoms with Crippen molar-refractivity contribution >= 4 is 44.1 Å². The Bertz CT molecular complexity index is 1510. The van der Waals surface area contributed by atoms with Gasteiger partial charge in [-0.15, -0.1) is 6.42 Å². The number of carboxylic acids is 2. The number of fused-ring (bicyclic) bond motifs is 2. The summed E-state index contributed by atoms with van der Waals surface area (Å²) < 4.78 is 33.9. The fourth-order valence-corrected chi connectivity index (χ4v) is 6.03. The van der Waals surface area contributed by atoms with Crippen molar-refractivity contribution in [2.45, 2.75) is 30.7 Å². The van der Waals surface area contributed by atoms with Crippen molar-refractivity contribution in [1.82, 2.24) is 0 Å². The molecule has 3 aromatic rings. The van der Waals surface area contributed by atoms with E-state index in [9.17, 15) is 28.2 Å². The van der Waals surface area contributed by atoms with Crippen LogP contribution in [0.1, 0.15) is 18.9 Å². The van der Waals surface area contributed by atoms with E-state index in [1.54, 1.807) is 48.2 Å². The molecule has 0 bridgehead atoms. The summed E-state index contributed by atoms with van der Waals surface area (Å²) >= 11 is 0. The van der Waals surface area contributed by atoms with Crippen molar-refractivity contribution in [1.29, 1.82) is 0 Å². The van der Waals surface area contributed by atoms with Gasteiger partial charge in [-0.05, 0) is 42.8 Å². The molecule has 0 spiro atoms. The predicted octanol–water partition coefficient (Wildman–Crippen LogP) is 3.36. The first-order chi connectivity index (χ1) is 17.6. The largest absolute Gasteiger partial charge is 0.493 e. The maximum atomic E-state index is 13.8. The average molecular weight is 523 g/mol. The molecule has 3 aromatic carbocycles. The second-order valence-electron chi connectivity index (χ2n) is 8.70. The zero-order chi connectivity index (χ0) is 26.7. The van der Waals surface area contributed by atoms with E-state index in [0.717, 1.165) is 9.87 Å². The summed E-state index contributed by atoms with van der Waals surface area (Å²) in [6.45, 7) is 1.54. The van der Waals surface area contributed by atoms with Crippen LogP contribution in [0.4, 0.5) is 11.4 Å². The summed E-state index contributed by atoms with van der Waals surface area (Å²) in [7, 11) is -4.26. The van der Waals surface area contributed by atoms with Crippen molar-refractivity contribution in [2.24, 2.45) is 0 Å². The molecule has 1 aliphatic rings. The number of anilines is 2. The van der Waals surface area contributed by atoms with Gasteiger partial charge in [-0.25, -0.2) is 8.42 Å². The van der Waals surface area contributed by atoms with E-state index >= 15 is 0 Å². The van der Waals surface area contributed by atoms with Crippen LogP contribution in [-0.2, 0) is 26.0 Å². The Balaban J connectivity index is 1.87. The van der Waals surface area contributed by atoms with E-state index in [4.69, 9.17) is 11.2 Å². The Hall–Kier alpha value is -4.23. The lowest BCUT2D eigenvalue weighted by Gasteiger charge is -2.31. The molecule has 0 fully saturated rings. The van der Waals surface area contributed by atoms with Gasteiger partial charge in [-0.2, -0.15) is 0 Å². The second-order valence-corrected chi connectivity index (χ2v) is 10.6. The third kappa shape index (κ3) is 5.17. The number of hydrogen-bond acceptors (Lipinski definition) is 6. The van der Waals surface area contributed by atoms with Crippen molar-refractivity contribution < 1.29 is 33.0 Å². The summed E-state index contributed by atoms with van der Waals surface area (Å²) in [5, 5.41) is 20.0. The maximum Gasteiger partial charge on any atom is 0.324 e. The molecule has 1 heterocycles. The average Bonchev–Trinajstić information content (AvgIpc) is 3.33. The number of sulfonamides is 1. The van der Waals surface area contributed by atoms with Crippen LogP contribution in [0.15, 0.2) is 59.5 Å². The molecule has 0 aromatic heterocycles. The highest BCUT2D eigenvalue weighted by atomic mass is 32.2. The topological polar surface area (TPSA) is 124 Å². The first-order valence-corrected chi connectivity index (χ1v) is 13.0. The van der Waals surface area contributed by atoms with Gasteiger partial charge in [0.1, 0.15) is 12.3 Å². The van der Waals surface area contributed by atoms with E-state index < -0.39 is 34.5 Å². The second kappa shape index (κ2) is 10.4. The van der Waals surface area contributed by atoms with Crippen LogP contribution in [-0.4, -0.2) is 56.3 Å². The van der Waals surface area contributed by atoms with Crippen molar-refractivity contribution in [3.05, 3.63) is 60.2 Å². The molecule has 0 saturated carbocycles. The van der Waals surface area contributed by atoms with E-state index in [1.165, 1.54) is 18.2 Å². The van der Waals surface area contributed by atoms with Crippen molar-refractivity contribution in [3.8, 4) is 18.1 Å². The third-order valence-corrected chi connectivity index (χ3v) is 8.00. The van der Waals surface area contributed by atoms with E-state index in [-0.39, 0.29) is 23.5 Å². The van der Waals surface area contributed by atoms with E-state index in [2.05, 4.69) is 5.92 Å². The van der Waals surface area contributed by atoms with Gasteiger partial charge in [0.2, 0.25) is 0 Å². The lowest BCUT2D eigenvalue weighted by atomic mass is 10.0. The summed E-state index contributed by atoms with van der Waals surface area (Å²) in [6, 6.07) is 14.2. The van der Waals surface area contributed by atoms with Crippen LogP contribution in [0.25, 0.3) is 10.8 Å². The normalized spacial score (nSPS) is 13.3. The molecular weight excluding hydrogens is 496 g/mol. The van der Waals surface area contributed by atoms with Crippen LogP contribution < -0.4 is 13.9 Å². The number of rotatable bonds is 10. The molecule has 37 heavy (non-hydrogen) atoms. The Morgan fingerprint density at radius 1 is 1.05 bits per heavy atom. The van der Waals surface area contributed by atoms with Gasteiger partial charge in [0.25, 0.3) is 10.0 Å². The standard InChI is InChI=1S/C27H26N2O7S/c1-3-13-28(18(2)15-26(30)31)23-9-10-24(22-7-5-4-6-21(22)23)29(17-27(32)33)37(34,35)20-8-11-25-19(16-20)12-14-36-25/h1,4-11,16,18H,12-15,17H2,2H3,(H,30,31)(H,32,33)/t18-/m0/s1. The number of carbonyl (C=O) groups is 2. The predicted molar refractivity (Wildman–Crippen MR) is 140 cm³/mol. The van der Waals surface area contributed by atoms with Crippen molar-refractivity contribution in [2.75, 3.05) is 28.9 Å². The molecule has 4 rings (SSSR count). The number of hydrogen-bond donors (Lipinski definition) is 2. The van der Waals surface area contributed by atoms with Gasteiger partial charge in [0.15, 0.2) is 0 Å². The molecule has 0 saturated heterocycles. The fraction of sp³-hybridized carbons (Fsp3) is 0.259. The van der Waals surface area contributed by atoms with Crippen LogP contribution in [0.3, 0.4) is 0 Å². The number of ether oxygens (including phenoxy) is 1. The van der Waals surface area contributed by atoms with Gasteiger partial charge in [-0.3, -0.25) is 13.9 Å². The van der Waals surface area contributed by atoms with Gasteiger partial charge in [0, 0.05) is 28.9 Å². The number of terminal acetylenes is 1. The van der Waals surface area contributed by atoms with E-state index in [0.29, 0.717) is 35.2 Å². The lowest BCUT2D eigenvalue weighted by molar-refractivity contribution is -0.137. The molecule has 2 N–H and O–H groups in total. The molecule has 0 aliphatic carbocycles. The molecule has 1 atom stereocenters. The summed E-state index contributed by atoms with van der Waals surface area (Å²) in [6.07, 6.45) is 5.98. The van der Waals surface area contributed by atoms with Gasteiger partial charge < -0.3 is 19.8 Å². The Kier molecular flexibility index (Phi) is 7.27. The lowest BCUT2D eigenvalue weighted by Crippen LogP contribution is -2.37. The summed E-state index contributed by atoms with van der Waals surface area (Å²) in [4.78, 5) is 24.9. The van der Waals surface area contributed by atoms with Gasteiger partial charge in [-0.1, -0.05) is 30.2 Å².